The van der Waals surface area contributed by atoms with Gasteiger partial charge in [-0.15, -0.1) is 0 Å². The SMILES string of the molecule is ClC(Cl)(Cl)C1NCC[N+]1(c1ccc(Br)cc1)c1ccc(Br)cc1. The summed E-state index contributed by atoms with van der Waals surface area (Å²) in [4.78, 5) is 0. The number of alkyl halides is 3. The van der Waals surface area contributed by atoms with Crippen LogP contribution in [0.4, 0.5) is 11.4 Å². The molecule has 3 rings (SSSR count). The highest BCUT2D eigenvalue weighted by Crippen LogP contribution is 2.47. The minimum Gasteiger partial charge on any atom is -0.258 e. The van der Waals surface area contributed by atoms with E-state index in [1.54, 1.807) is 0 Å². The topological polar surface area (TPSA) is 12.0 Å². The first-order valence-corrected chi connectivity index (χ1v) is 9.76. The van der Waals surface area contributed by atoms with Crippen molar-refractivity contribution in [2.24, 2.45) is 0 Å². The number of rotatable bonds is 2. The minimum absolute atomic E-state index is 0.366. The molecule has 1 atom stereocenters. The van der Waals surface area contributed by atoms with E-state index in [9.17, 15) is 0 Å². The van der Waals surface area contributed by atoms with Gasteiger partial charge in [-0.25, -0.2) is 4.48 Å². The molecule has 0 bridgehead atoms. The van der Waals surface area contributed by atoms with Gasteiger partial charge in [-0.3, -0.25) is 5.32 Å². The number of nitrogens with zero attached hydrogens (tertiary/aromatic N) is 1. The van der Waals surface area contributed by atoms with E-state index in [0.717, 1.165) is 33.4 Å². The van der Waals surface area contributed by atoms with Crippen molar-refractivity contribution in [3.63, 3.8) is 0 Å². The molecule has 2 aromatic carbocycles. The lowest BCUT2D eigenvalue weighted by Gasteiger charge is -2.41. The highest BCUT2D eigenvalue weighted by Gasteiger charge is 2.55. The molecule has 122 valence electrons. The predicted octanol–water partition coefficient (Wildman–Crippen LogP) is 6.15. The van der Waals surface area contributed by atoms with Crippen LogP contribution >= 0.6 is 66.7 Å². The van der Waals surface area contributed by atoms with Gasteiger partial charge < -0.3 is 0 Å². The number of halogens is 5. The Bertz CT molecular complexity index is 638. The normalized spacial score (nSPS) is 20.7. The molecule has 0 aliphatic carbocycles. The fraction of sp³-hybridized carbons (Fsp3) is 0.250. The van der Waals surface area contributed by atoms with Gasteiger partial charge in [-0.05, 0) is 24.3 Å². The molecular formula is C16H14Br2Cl3N2+. The quantitative estimate of drug-likeness (QED) is 0.385. The molecule has 1 heterocycles. The van der Waals surface area contributed by atoms with Crippen LogP contribution in [0.1, 0.15) is 0 Å². The smallest absolute Gasteiger partial charge is 0.257 e. The minimum atomic E-state index is -1.43. The Kier molecular flexibility index (Phi) is 5.35. The van der Waals surface area contributed by atoms with Gasteiger partial charge in [0.25, 0.3) is 3.79 Å². The summed E-state index contributed by atoms with van der Waals surface area (Å²) >= 11 is 25.9. The molecular weight excluding hydrogens is 486 g/mol. The van der Waals surface area contributed by atoms with E-state index in [1.807, 2.05) is 24.3 Å². The van der Waals surface area contributed by atoms with Crippen molar-refractivity contribution in [2.75, 3.05) is 13.1 Å². The van der Waals surface area contributed by atoms with Crippen molar-refractivity contribution < 1.29 is 0 Å². The molecule has 0 aromatic heterocycles. The molecule has 1 N–H and O–H groups in total. The molecule has 1 aliphatic heterocycles. The first-order chi connectivity index (χ1) is 10.8. The van der Waals surface area contributed by atoms with E-state index < -0.39 is 3.79 Å². The Morgan fingerprint density at radius 1 is 0.870 bits per heavy atom. The molecule has 1 unspecified atom stereocenters. The van der Waals surface area contributed by atoms with Gasteiger partial charge in [0, 0.05) is 33.2 Å². The fourth-order valence-electron chi connectivity index (χ4n) is 3.15. The van der Waals surface area contributed by atoms with Crippen LogP contribution in [0.25, 0.3) is 0 Å². The first-order valence-electron chi connectivity index (χ1n) is 7.04. The average Bonchev–Trinajstić information content (AvgIpc) is 2.95. The molecule has 0 spiro atoms. The van der Waals surface area contributed by atoms with Gasteiger partial charge in [0.15, 0.2) is 0 Å². The largest absolute Gasteiger partial charge is 0.258 e. The maximum absolute atomic E-state index is 6.32. The third-order valence-electron chi connectivity index (χ3n) is 4.13. The summed E-state index contributed by atoms with van der Waals surface area (Å²) in [5.74, 6) is 0. The summed E-state index contributed by atoms with van der Waals surface area (Å²) in [6.45, 7) is 1.58. The summed E-state index contributed by atoms with van der Waals surface area (Å²) in [5, 5.41) is 3.37. The summed E-state index contributed by atoms with van der Waals surface area (Å²) in [5.41, 5.74) is 2.16. The second kappa shape index (κ2) is 6.83. The van der Waals surface area contributed by atoms with E-state index in [4.69, 9.17) is 34.8 Å². The first kappa shape index (κ1) is 18.0. The maximum atomic E-state index is 6.32. The highest BCUT2D eigenvalue weighted by molar-refractivity contribution is 9.10. The van der Waals surface area contributed by atoms with E-state index in [0.29, 0.717) is 4.48 Å². The zero-order valence-electron chi connectivity index (χ0n) is 11.9. The van der Waals surface area contributed by atoms with Crippen molar-refractivity contribution in [1.29, 1.82) is 0 Å². The van der Waals surface area contributed by atoms with Crippen LogP contribution in [0.2, 0.25) is 0 Å². The molecule has 2 aromatic rings. The highest BCUT2D eigenvalue weighted by atomic mass is 79.9. The summed E-state index contributed by atoms with van der Waals surface area (Å²) in [6.07, 6.45) is -0.366. The van der Waals surface area contributed by atoms with Crippen molar-refractivity contribution in [3.05, 3.63) is 57.5 Å². The average molecular weight is 500 g/mol. The van der Waals surface area contributed by atoms with Gasteiger partial charge in [-0.2, -0.15) is 0 Å². The Morgan fingerprint density at radius 3 is 1.70 bits per heavy atom. The molecule has 7 heteroatoms. The number of quaternary nitrogens is 1. The van der Waals surface area contributed by atoms with Crippen molar-refractivity contribution in [1.82, 2.24) is 9.80 Å². The Morgan fingerprint density at radius 2 is 1.30 bits per heavy atom. The molecule has 1 saturated heterocycles. The molecule has 23 heavy (non-hydrogen) atoms. The maximum Gasteiger partial charge on any atom is 0.257 e. The number of benzene rings is 2. The second-order valence-corrected chi connectivity index (χ2v) is 9.64. The molecule has 0 radical (unpaired) electrons. The number of hydrogen-bond donors (Lipinski definition) is 1. The standard InChI is InChI=1S/C16H14Br2Cl3N2/c17-11-1-5-13(6-2-11)23(14-7-3-12(18)4-8-14)10-9-22-15(23)16(19,20)21/h1-8,15,22H,9-10H2/q+1. The Labute approximate surface area is 167 Å². The van der Waals surface area contributed by atoms with Crippen LogP contribution in [0.3, 0.4) is 0 Å². The zero-order chi connectivity index (χ0) is 16.7. The van der Waals surface area contributed by atoms with Crippen molar-refractivity contribution >= 4 is 78.0 Å². The van der Waals surface area contributed by atoms with Crippen LogP contribution in [0.5, 0.6) is 0 Å². The summed E-state index contributed by atoms with van der Waals surface area (Å²) in [6, 6.07) is 16.4. The van der Waals surface area contributed by atoms with Crippen LogP contribution in [-0.4, -0.2) is 23.0 Å². The van der Waals surface area contributed by atoms with E-state index in [-0.39, 0.29) is 6.17 Å². The zero-order valence-corrected chi connectivity index (χ0v) is 17.4. The fourth-order valence-corrected chi connectivity index (χ4v) is 4.41. The van der Waals surface area contributed by atoms with Gasteiger partial charge in [0.2, 0.25) is 6.17 Å². The van der Waals surface area contributed by atoms with Gasteiger partial charge in [0.1, 0.15) is 17.9 Å². The Hall–Kier alpha value is 0.190. The third-order valence-corrected chi connectivity index (χ3v) is 5.81. The van der Waals surface area contributed by atoms with E-state index >= 15 is 0 Å². The lowest BCUT2D eigenvalue weighted by molar-refractivity contribution is 0.339. The van der Waals surface area contributed by atoms with Crippen LogP contribution in [0.15, 0.2) is 57.5 Å². The number of nitrogens with one attached hydrogen (secondary N) is 1. The van der Waals surface area contributed by atoms with E-state index in [1.165, 1.54) is 0 Å². The molecule has 0 amide bonds. The predicted molar refractivity (Wildman–Crippen MR) is 107 cm³/mol. The van der Waals surface area contributed by atoms with Crippen molar-refractivity contribution in [3.8, 4) is 0 Å². The van der Waals surface area contributed by atoms with Crippen LogP contribution in [0, 0.1) is 0 Å². The van der Waals surface area contributed by atoms with Crippen molar-refractivity contribution in [2.45, 2.75) is 9.96 Å². The molecule has 2 nitrogen and oxygen atoms in total. The van der Waals surface area contributed by atoms with Gasteiger partial charge >= 0.3 is 0 Å². The summed E-state index contributed by atoms with van der Waals surface area (Å²) < 4.78 is 1.06. The van der Waals surface area contributed by atoms with E-state index in [2.05, 4.69) is 61.4 Å². The second-order valence-electron chi connectivity index (χ2n) is 5.44. The summed E-state index contributed by atoms with van der Waals surface area (Å²) in [7, 11) is 0. The van der Waals surface area contributed by atoms with Crippen LogP contribution < -0.4 is 9.80 Å². The third kappa shape index (κ3) is 3.45. The van der Waals surface area contributed by atoms with Gasteiger partial charge in [-0.1, -0.05) is 66.7 Å². The Balaban J connectivity index is 2.21. The lowest BCUT2D eigenvalue weighted by Crippen LogP contribution is -2.58. The molecule has 1 fully saturated rings. The lowest BCUT2D eigenvalue weighted by atomic mass is 10.1. The van der Waals surface area contributed by atoms with Crippen LogP contribution in [-0.2, 0) is 0 Å². The molecule has 1 aliphatic rings. The van der Waals surface area contributed by atoms with Gasteiger partial charge in [0.05, 0.1) is 6.54 Å². The molecule has 0 saturated carbocycles. The number of hydrogen-bond acceptors (Lipinski definition) is 1. The monoisotopic (exact) mass is 497 g/mol.